The van der Waals surface area contributed by atoms with Gasteiger partial charge in [0.25, 0.3) is 5.91 Å². The Kier molecular flexibility index (Phi) is 4.17. The number of aryl methyl sites for hydroxylation is 1. The Balaban J connectivity index is 1.38. The summed E-state index contributed by atoms with van der Waals surface area (Å²) >= 11 is 0. The number of carbonyl (C=O) groups is 1. The number of fused-ring (bicyclic) bond motifs is 2. The first kappa shape index (κ1) is 17.3. The lowest BCUT2D eigenvalue weighted by Gasteiger charge is -2.25. The number of rotatable bonds is 3. The van der Waals surface area contributed by atoms with Crippen molar-refractivity contribution in [1.29, 1.82) is 0 Å². The van der Waals surface area contributed by atoms with Crippen molar-refractivity contribution in [2.24, 2.45) is 0 Å². The van der Waals surface area contributed by atoms with E-state index in [4.69, 9.17) is 9.47 Å². The molecule has 5 rings (SSSR count). The van der Waals surface area contributed by atoms with E-state index in [1.165, 1.54) is 0 Å². The van der Waals surface area contributed by atoms with Gasteiger partial charge in [-0.15, -0.1) is 0 Å². The fraction of sp³-hybridized carbons (Fsp3) is 0.130. The number of para-hydroxylation sites is 3. The first-order valence-corrected chi connectivity index (χ1v) is 9.43. The number of hydrogen-bond donors (Lipinski definition) is 1. The highest BCUT2D eigenvalue weighted by atomic mass is 16.6. The smallest absolute Gasteiger partial charge is 0.269 e. The Bertz CT molecular complexity index is 1200. The summed E-state index contributed by atoms with van der Waals surface area (Å²) < 4.78 is 13.5. The van der Waals surface area contributed by atoms with E-state index in [1.54, 1.807) is 6.07 Å². The summed E-state index contributed by atoms with van der Waals surface area (Å²) in [5, 5.41) is 2.91. The van der Waals surface area contributed by atoms with Gasteiger partial charge in [0.15, 0.2) is 11.5 Å². The van der Waals surface area contributed by atoms with Gasteiger partial charge in [-0.25, -0.2) is 4.98 Å². The molecule has 1 N–H and O–H groups in total. The van der Waals surface area contributed by atoms with Crippen LogP contribution in [0.3, 0.4) is 0 Å². The molecule has 0 radical (unpaired) electrons. The predicted octanol–water partition coefficient (Wildman–Crippen LogP) is 4.11. The van der Waals surface area contributed by atoms with Gasteiger partial charge in [-0.3, -0.25) is 9.36 Å². The molecular formula is C23H19N3O3. The lowest BCUT2D eigenvalue weighted by atomic mass is 10.2. The van der Waals surface area contributed by atoms with E-state index in [-0.39, 0.29) is 12.5 Å². The summed E-state index contributed by atoms with van der Waals surface area (Å²) in [7, 11) is 0. The van der Waals surface area contributed by atoms with Gasteiger partial charge < -0.3 is 14.8 Å². The third-order valence-corrected chi connectivity index (χ3v) is 4.91. The fourth-order valence-electron chi connectivity index (χ4n) is 3.55. The van der Waals surface area contributed by atoms with Crippen molar-refractivity contribution in [3.63, 3.8) is 0 Å². The van der Waals surface area contributed by atoms with Crippen LogP contribution in [0.1, 0.15) is 5.82 Å². The van der Waals surface area contributed by atoms with Crippen molar-refractivity contribution in [2.45, 2.75) is 13.0 Å². The van der Waals surface area contributed by atoms with Crippen LogP contribution in [0.2, 0.25) is 0 Å². The molecule has 0 spiro atoms. The minimum absolute atomic E-state index is 0.173. The maximum atomic E-state index is 12.7. The van der Waals surface area contributed by atoms with Gasteiger partial charge >= 0.3 is 0 Å². The lowest BCUT2D eigenvalue weighted by Crippen LogP contribution is -2.40. The van der Waals surface area contributed by atoms with Crippen molar-refractivity contribution in [2.75, 3.05) is 11.9 Å². The maximum absolute atomic E-state index is 12.7. The molecule has 0 unspecified atom stereocenters. The topological polar surface area (TPSA) is 65.4 Å². The Hall–Kier alpha value is -3.80. The monoisotopic (exact) mass is 385 g/mol. The van der Waals surface area contributed by atoms with Gasteiger partial charge in [-0.1, -0.05) is 30.3 Å². The van der Waals surface area contributed by atoms with E-state index >= 15 is 0 Å². The fourth-order valence-corrected chi connectivity index (χ4v) is 3.55. The highest BCUT2D eigenvalue weighted by Gasteiger charge is 2.27. The van der Waals surface area contributed by atoms with Crippen LogP contribution in [0, 0.1) is 6.92 Å². The number of ether oxygens (including phenoxy) is 2. The zero-order valence-electron chi connectivity index (χ0n) is 15.8. The predicted molar refractivity (Wildman–Crippen MR) is 111 cm³/mol. The van der Waals surface area contributed by atoms with Crippen molar-refractivity contribution in [3.05, 3.63) is 78.6 Å². The minimum atomic E-state index is -0.704. The number of aromatic nitrogens is 2. The summed E-state index contributed by atoms with van der Waals surface area (Å²) in [5.41, 5.74) is 3.52. The Morgan fingerprint density at radius 1 is 1.03 bits per heavy atom. The molecule has 1 atom stereocenters. The molecule has 0 saturated carbocycles. The van der Waals surface area contributed by atoms with Gasteiger partial charge in [-0.2, -0.15) is 0 Å². The molecule has 0 saturated heterocycles. The van der Waals surface area contributed by atoms with Crippen LogP contribution in [-0.4, -0.2) is 28.2 Å². The standard InChI is InChI=1S/C23H19N3O3/c1-15-24-18-13-16(11-12-19(18)26(15)17-7-3-2-4-8-17)25-23(27)22-14-28-20-9-5-6-10-21(20)29-22/h2-13,22H,14H2,1H3,(H,25,27)/t22-/m0/s1. The molecular weight excluding hydrogens is 366 g/mol. The first-order valence-electron chi connectivity index (χ1n) is 9.43. The molecule has 1 aliphatic heterocycles. The summed E-state index contributed by atoms with van der Waals surface area (Å²) in [6.45, 7) is 2.14. The molecule has 4 aromatic rings. The molecule has 3 aromatic carbocycles. The number of nitrogens with zero attached hydrogens (tertiary/aromatic N) is 2. The van der Waals surface area contributed by atoms with Crippen LogP contribution in [0.4, 0.5) is 5.69 Å². The van der Waals surface area contributed by atoms with E-state index in [2.05, 4.69) is 14.9 Å². The average Bonchev–Trinajstić information content (AvgIpc) is 3.09. The van der Waals surface area contributed by atoms with Crippen LogP contribution < -0.4 is 14.8 Å². The van der Waals surface area contributed by atoms with E-state index in [9.17, 15) is 4.79 Å². The minimum Gasteiger partial charge on any atom is -0.485 e. The van der Waals surface area contributed by atoms with E-state index in [0.717, 1.165) is 22.5 Å². The summed E-state index contributed by atoms with van der Waals surface area (Å²) in [6.07, 6.45) is -0.704. The average molecular weight is 385 g/mol. The zero-order chi connectivity index (χ0) is 19.8. The van der Waals surface area contributed by atoms with Crippen molar-refractivity contribution in [3.8, 4) is 17.2 Å². The van der Waals surface area contributed by atoms with Crippen LogP contribution >= 0.6 is 0 Å². The Labute approximate surface area is 167 Å². The molecule has 2 heterocycles. The Morgan fingerprint density at radius 2 is 1.79 bits per heavy atom. The zero-order valence-corrected chi connectivity index (χ0v) is 15.8. The van der Waals surface area contributed by atoms with Crippen molar-refractivity contribution < 1.29 is 14.3 Å². The third kappa shape index (κ3) is 3.18. The number of amides is 1. The second kappa shape index (κ2) is 6.98. The number of hydrogen-bond acceptors (Lipinski definition) is 4. The molecule has 0 bridgehead atoms. The summed E-state index contributed by atoms with van der Waals surface area (Å²) in [6, 6.07) is 23.1. The molecule has 1 amide bonds. The second-order valence-electron chi connectivity index (χ2n) is 6.89. The van der Waals surface area contributed by atoms with Gasteiger partial charge in [0.05, 0.1) is 11.0 Å². The van der Waals surface area contributed by atoms with Crippen molar-refractivity contribution in [1.82, 2.24) is 9.55 Å². The van der Waals surface area contributed by atoms with Gasteiger partial charge in [0.2, 0.25) is 6.10 Å². The summed E-state index contributed by atoms with van der Waals surface area (Å²) in [4.78, 5) is 17.3. The molecule has 29 heavy (non-hydrogen) atoms. The molecule has 0 fully saturated rings. The number of carbonyl (C=O) groups excluding carboxylic acids is 1. The second-order valence-corrected chi connectivity index (χ2v) is 6.89. The molecule has 144 valence electrons. The lowest BCUT2D eigenvalue weighted by molar-refractivity contribution is -0.125. The van der Waals surface area contributed by atoms with Gasteiger partial charge in [-0.05, 0) is 49.4 Å². The Morgan fingerprint density at radius 3 is 2.62 bits per heavy atom. The highest BCUT2D eigenvalue weighted by Crippen LogP contribution is 2.31. The molecule has 0 aliphatic carbocycles. The molecule has 1 aromatic heterocycles. The van der Waals surface area contributed by atoms with Crippen LogP contribution in [0.15, 0.2) is 72.8 Å². The number of anilines is 1. The van der Waals surface area contributed by atoms with Crippen molar-refractivity contribution >= 4 is 22.6 Å². The third-order valence-electron chi connectivity index (χ3n) is 4.91. The van der Waals surface area contributed by atoms with Crippen LogP contribution in [-0.2, 0) is 4.79 Å². The molecule has 1 aliphatic rings. The van der Waals surface area contributed by atoms with Crippen LogP contribution in [0.25, 0.3) is 16.7 Å². The van der Waals surface area contributed by atoms with Gasteiger partial charge in [0, 0.05) is 11.4 Å². The highest BCUT2D eigenvalue weighted by molar-refractivity contribution is 5.96. The van der Waals surface area contributed by atoms with E-state index in [0.29, 0.717) is 17.2 Å². The molecule has 6 nitrogen and oxygen atoms in total. The quantitative estimate of drug-likeness (QED) is 0.576. The van der Waals surface area contributed by atoms with Crippen LogP contribution in [0.5, 0.6) is 11.5 Å². The van der Waals surface area contributed by atoms with Gasteiger partial charge in [0.1, 0.15) is 12.4 Å². The summed E-state index contributed by atoms with van der Waals surface area (Å²) in [5.74, 6) is 1.86. The molecule has 6 heteroatoms. The first-order chi connectivity index (χ1) is 14.2. The largest absolute Gasteiger partial charge is 0.485 e. The SMILES string of the molecule is Cc1nc2cc(NC(=O)[C@@H]3COc4ccccc4O3)ccc2n1-c1ccccc1. The van der Waals surface area contributed by atoms with E-state index in [1.807, 2.05) is 73.7 Å². The normalized spacial score (nSPS) is 15.3. The maximum Gasteiger partial charge on any atom is 0.269 e. The van der Waals surface area contributed by atoms with E-state index < -0.39 is 6.10 Å². The number of nitrogens with one attached hydrogen (secondary N) is 1. The number of benzene rings is 3. The number of imidazole rings is 1.